The van der Waals surface area contributed by atoms with E-state index in [-0.39, 0.29) is 4.90 Å². The number of nitrogens with one attached hydrogen (secondary N) is 1. The van der Waals surface area contributed by atoms with E-state index < -0.39 is 10.0 Å². The van der Waals surface area contributed by atoms with Gasteiger partial charge in [0.25, 0.3) is 0 Å². The van der Waals surface area contributed by atoms with Gasteiger partial charge in [0.15, 0.2) is 0 Å². The number of sulfonamides is 1. The number of aryl methyl sites for hydroxylation is 1. The van der Waals surface area contributed by atoms with Crippen molar-refractivity contribution in [3.8, 4) is 0 Å². The minimum Gasteiger partial charge on any atom is -0.468 e. The van der Waals surface area contributed by atoms with E-state index in [1.165, 1.54) is 30.9 Å². The Morgan fingerprint density at radius 1 is 1.26 bits per heavy atom. The standard InChI is InChI=1S/C12H14N2O3S2/c1-8-11(5-6-17-8)18-12-4-3-9(7-10(12)13)19(15,16)14-2/h3-7,14H,13H2,1-2H3. The molecule has 0 atom stereocenters. The first-order valence-corrected chi connectivity index (χ1v) is 7.79. The third-order valence-electron chi connectivity index (χ3n) is 2.59. The molecule has 0 aliphatic carbocycles. The van der Waals surface area contributed by atoms with Crippen LogP contribution in [0.4, 0.5) is 5.69 Å². The molecule has 2 rings (SSSR count). The van der Waals surface area contributed by atoms with Crippen LogP contribution in [0.5, 0.6) is 0 Å². The molecule has 2 aromatic rings. The second-order valence-corrected chi connectivity index (χ2v) is 6.82. The molecule has 0 unspecified atom stereocenters. The molecule has 0 aliphatic rings. The highest BCUT2D eigenvalue weighted by Gasteiger charge is 2.14. The van der Waals surface area contributed by atoms with Gasteiger partial charge in [-0.15, -0.1) is 0 Å². The topological polar surface area (TPSA) is 85.3 Å². The second-order valence-electron chi connectivity index (χ2n) is 3.85. The average Bonchev–Trinajstić information content (AvgIpc) is 2.77. The summed E-state index contributed by atoms with van der Waals surface area (Å²) in [5.74, 6) is 0.802. The fourth-order valence-corrected chi connectivity index (χ4v) is 3.13. The van der Waals surface area contributed by atoms with E-state index in [9.17, 15) is 8.42 Å². The maximum Gasteiger partial charge on any atom is 0.240 e. The van der Waals surface area contributed by atoms with Gasteiger partial charge >= 0.3 is 0 Å². The number of hydrogen-bond donors (Lipinski definition) is 2. The molecule has 3 N–H and O–H groups in total. The zero-order valence-electron chi connectivity index (χ0n) is 10.5. The van der Waals surface area contributed by atoms with Crippen molar-refractivity contribution in [2.24, 2.45) is 0 Å². The Morgan fingerprint density at radius 3 is 2.53 bits per heavy atom. The van der Waals surface area contributed by atoms with Gasteiger partial charge in [-0.25, -0.2) is 13.1 Å². The maximum absolute atomic E-state index is 11.6. The molecule has 0 aliphatic heterocycles. The number of nitrogen functional groups attached to an aromatic ring is 1. The van der Waals surface area contributed by atoms with Crippen LogP contribution in [0.15, 0.2) is 49.6 Å². The SMILES string of the molecule is CNS(=O)(=O)c1ccc(Sc2ccoc2C)c(N)c1. The van der Waals surface area contributed by atoms with E-state index >= 15 is 0 Å². The lowest BCUT2D eigenvalue weighted by Gasteiger charge is -2.07. The minimum absolute atomic E-state index is 0.153. The molecule has 0 bridgehead atoms. The summed E-state index contributed by atoms with van der Waals surface area (Å²) >= 11 is 1.44. The van der Waals surface area contributed by atoms with Crippen molar-refractivity contribution in [3.63, 3.8) is 0 Å². The van der Waals surface area contributed by atoms with Crippen LogP contribution in [0.25, 0.3) is 0 Å². The first kappa shape index (κ1) is 14.0. The molecule has 1 heterocycles. The smallest absolute Gasteiger partial charge is 0.240 e. The molecule has 0 saturated carbocycles. The molecule has 7 heteroatoms. The molecule has 19 heavy (non-hydrogen) atoms. The Hall–Kier alpha value is -1.44. The van der Waals surface area contributed by atoms with E-state index in [0.717, 1.165) is 15.6 Å². The zero-order valence-corrected chi connectivity index (χ0v) is 12.1. The molecule has 5 nitrogen and oxygen atoms in total. The van der Waals surface area contributed by atoms with E-state index in [2.05, 4.69) is 4.72 Å². The Morgan fingerprint density at radius 2 is 2.00 bits per heavy atom. The van der Waals surface area contributed by atoms with Gasteiger partial charge < -0.3 is 10.2 Å². The van der Waals surface area contributed by atoms with Gasteiger partial charge in [0.1, 0.15) is 5.76 Å². The van der Waals surface area contributed by atoms with Gasteiger partial charge in [0.05, 0.1) is 16.1 Å². The number of hydrogen-bond acceptors (Lipinski definition) is 5. The Bertz CT molecular complexity index is 693. The number of anilines is 1. The average molecular weight is 298 g/mol. The van der Waals surface area contributed by atoms with E-state index in [1.807, 2.05) is 13.0 Å². The van der Waals surface area contributed by atoms with Gasteiger partial charge in [-0.05, 0) is 38.2 Å². The van der Waals surface area contributed by atoms with Crippen molar-refractivity contribution >= 4 is 27.5 Å². The molecule has 0 saturated heterocycles. The second kappa shape index (κ2) is 5.28. The van der Waals surface area contributed by atoms with Crippen LogP contribution in [0.1, 0.15) is 5.76 Å². The first-order valence-electron chi connectivity index (χ1n) is 5.49. The molecule has 1 aromatic heterocycles. The summed E-state index contributed by atoms with van der Waals surface area (Å²) in [7, 11) is -2.10. The van der Waals surface area contributed by atoms with Crippen molar-refractivity contribution in [1.82, 2.24) is 4.72 Å². The van der Waals surface area contributed by atoms with Crippen LogP contribution in [0.3, 0.4) is 0 Å². The summed E-state index contributed by atoms with van der Waals surface area (Å²) < 4.78 is 30.8. The fourth-order valence-electron chi connectivity index (χ4n) is 1.50. The quantitative estimate of drug-likeness (QED) is 0.845. The summed E-state index contributed by atoms with van der Waals surface area (Å²) in [5.41, 5.74) is 6.31. The molecule has 102 valence electrons. The number of nitrogens with two attached hydrogens (primary N) is 1. The monoisotopic (exact) mass is 298 g/mol. The molecule has 0 amide bonds. The zero-order chi connectivity index (χ0) is 14.0. The lowest BCUT2D eigenvalue weighted by Crippen LogP contribution is -2.18. The van der Waals surface area contributed by atoms with E-state index in [1.54, 1.807) is 12.3 Å². The van der Waals surface area contributed by atoms with Gasteiger partial charge in [-0.1, -0.05) is 11.8 Å². The summed E-state index contributed by atoms with van der Waals surface area (Å²) in [6.45, 7) is 1.86. The lowest BCUT2D eigenvalue weighted by atomic mass is 10.3. The van der Waals surface area contributed by atoms with Crippen LogP contribution < -0.4 is 10.5 Å². The predicted molar refractivity (Wildman–Crippen MR) is 74.7 cm³/mol. The third-order valence-corrected chi connectivity index (χ3v) is 5.24. The molecule has 0 fully saturated rings. The van der Waals surface area contributed by atoms with Crippen LogP contribution in [-0.2, 0) is 10.0 Å². The summed E-state index contributed by atoms with van der Waals surface area (Å²) in [5, 5.41) is 0. The van der Waals surface area contributed by atoms with Crippen LogP contribution >= 0.6 is 11.8 Å². The van der Waals surface area contributed by atoms with Crippen LogP contribution in [-0.4, -0.2) is 15.5 Å². The Kier molecular flexibility index (Phi) is 3.88. The van der Waals surface area contributed by atoms with E-state index in [4.69, 9.17) is 10.2 Å². The highest BCUT2D eigenvalue weighted by atomic mass is 32.2. The lowest BCUT2D eigenvalue weighted by molar-refractivity contribution is 0.527. The van der Waals surface area contributed by atoms with Crippen molar-refractivity contribution in [1.29, 1.82) is 0 Å². The van der Waals surface area contributed by atoms with Crippen molar-refractivity contribution < 1.29 is 12.8 Å². The number of benzene rings is 1. The molecule has 0 radical (unpaired) electrons. The largest absolute Gasteiger partial charge is 0.468 e. The fraction of sp³-hybridized carbons (Fsp3) is 0.167. The maximum atomic E-state index is 11.6. The minimum atomic E-state index is -3.47. The first-order chi connectivity index (χ1) is 8.94. The summed E-state index contributed by atoms with van der Waals surface area (Å²) in [4.78, 5) is 1.90. The highest BCUT2D eigenvalue weighted by molar-refractivity contribution is 7.99. The molecule has 1 aromatic carbocycles. The van der Waals surface area contributed by atoms with Crippen molar-refractivity contribution in [2.75, 3.05) is 12.8 Å². The Labute approximate surface area is 116 Å². The molecule has 0 spiro atoms. The third kappa shape index (κ3) is 2.94. The Balaban J connectivity index is 2.33. The van der Waals surface area contributed by atoms with Crippen molar-refractivity contribution in [3.05, 3.63) is 36.3 Å². The van der Waals surface area contributed by atoms with E-state index in [0.29, 0.717) is 5.69 Å². The molecular formula is C12H14N2O3S2. The van der Waals surface area contributed by atoms with Gasteiger partial charge in [-0.3, -0.25) is 0 Å². The van der Waals surface area contributed by atoms with Gasteiger partial charge in [0.2, 0.25) is 10.0 Å². The van der Waals surface area contributed by atoms with Gasteiger partial charge in [0, 0.05) is 10.6 Å². The predicted octanol–water partition coefficient (Wildman–Crippen LogP) is 2.23. The van der Waals surface area contributed by atoms with Crippen molar-refractivity contribution in [2.45, 2.75) is 21.6 Å². The normalized spacial score (nSPS) is 11.7. The molecular weight excluding hydrogens is 284 g/mol. The highest BCUT2D eigenvalue weighted by Crippen LogP contribution is 2.35. The van der Waals surface area contributed by atoms with Crippen LogP contribution in [0, 0.1) is 6.92 Å². The number of rotatable bonds is 4. The van der Waals surface area contributed by atoms with Gasteiger partial charge in [-0.2, -0.15) is 0 Å². The van der Waals surface area contributed by atoms with Crippen LogP contribution in [0.2, 0.25) is 0 Å². The summed E-state index contributed by atoms with van der Waals surface area (Å²) in [6.07, 6.45) is 1.60. The number of furan rings is 1. The summed E-state index contributed by atoms with van der Waals surface area (Å²) in [6, 6.07) is 6.51.